The molecule has 5 nitrogen and oxygen atoms in total. The van der Waals surface area contributed by atoms with E-state index in [1.807, 2.05) is 0 Å². The van der Waals surface area contributed by atoms with E-state index in [0.29, 0.717) is 11.8 Å². The lowest BCUT2D eigenvalue weighted by atomic mass is 9.80. The Bertz CT molecular complexity index is 591. The summed E-state index contributed by atoms with van der Waals surface area (Å²) in [5.74, 6) is 1.36. The Balaban J connectivity index is 1.86. The molecule has 2 amide bonds. The molecule has 2 N–H and O–H groups in total. The maximum atomic E-state index is 12.1. The summed E-state index contributed by atoms with van der Waals surface area (Å²) in [6.45, 7) is 4.44. The lowest BCUT2D eigenvalue weighted by Crippen LogP contribution is -2.45. The molecule has 2 rings (SSSR count). The first-order valence-corrected chi connectivity index (χ1v) is 9.25. The van der Waals surface area contributed by atoms with E-state index in [9.17, 15) is 13.2 Å². The van der Waals surface area contributed by atoms with E-state index >= 15 is 0 Å². The van der Waals surface area contributed by atoms with Crippen molar-refractivity contribution in [2.45, 2.75) is 50.5 Å². The first kappa shape index (κ1) is 16.8. The first-order chi connectivity index (χ1) is 10.4. The zero-order chi connectivity index (χ0) is 16.2. The van der Waals surface area contributed by atoms with Crippen molar-refractivity contribution in [3.8, 4) is 0 Å². The van der Waals surface area contributed by atoms with Crippen LogP contribution in [0.5, 0.6) is 0 Å². The van der Waals surface area contributed by atoms with Gasteiger partial charge >= 0.3 is 6.03 Å². The van der Waals surface area contributed by atoms with Gasteiger partial charge in [0.05, 0.1) is 4.90 Å². The molecule has 1 aliphatic rings. The highest BCUT2D eigenvalue weighted by atomic mass is 32.2. The summed E-state index contributed by atoms with van der Waals surface area (Å²) >= 11 is 0. The molecule has 0 aromatic heterocycles. The summed E-state index contributed by atoms with van der Waals surface area (Å²) < 4.78 is 26.2. The van der Waals surface area contributed by atoms with E-state index in [0.717, 1.165) is 25.7 Å². The Morgan fingerprint density at radius 3 is 2.23 bits per heavy atom. The van der Waals surface area contributed by atoms with Crippen molar-refractivity contribution < 1.29 is 13.2 Å². The summed E-state index contributed by atoms with van der Waals surface area (Å²) in [6.07, 6.45) is 3.96. The second-order valence-corrected chi connectivity index (χ2v) is 7.93. The molecule has 1 aromatic carbocycles. The number of sulfonamides is 1. The third-order valence-electron chi connectivity index (χ3n) is 4.33. The van der Waals surface area contributed by atoms with Gasteiger partial charge < -0.3 is 5.32 Å². The van der Waals surface area contributed by atoms with Gasteiger partial charge in [-0.1, -0.05) is 32.0 Å². The van der Waals surface area contributed by atoms with Crippen molar-refractivity contribution in [1.29, 1.82) is 0 Å². The summed E-state index contributed by atoms with van der Waals surface area (Å²) in [6, 6.07) is 7.32. The Kier molecular flexibility index (Phi) is 5.45. The summed E-state index contributed by atoms with van der Waals surface area (Å²) in [5.41, 5.74) is 0. The van der Waals surface area contributed by atoms with Crippen LogP contribution in [0.15, 0.2) is 35.2 Å². The zero-order valence-electron chi connectivity index (χ0n) is 13.1. The number of hydrogen-bond acceptors (Lipinski definition) is 3. The van der Waals surface area contributed by atoms with Gasteiger partial charge in [0.25, 0.3) is 10.0 Å². The van der Waals surface area contributed by atoms with Crippen LogP contribution < -0.4 is 10.0 Å². The van der Waals surface area contributed by atoms with Crippen LogP contribution in [0.3, 0.4) is 0 Å². The van der Waals surface area contributed by atoms with Gasteiger partial charge in [0.1, 0.15) is 0 Å². The highest BCUT2D eigenvalue weighted by molar-refractivity contribution is 7.90. The average molecular weight is 324 g/mol. The van der Waals surface area contributed by atoms with E-state index in [2.05, 4.69) is 23.9 Å². The number of benzene rings is 1. The number of hydrogen-bond donors (Lipinski definition) is 2. The minimum absolute atomic E-state index is 0.0565. The normalized spacial score (nSPS) is 22.3. The number of urea groups is 1. The third kappa shape index (κ3) is 4.47. The fourth-order valence-electron chi connectivity index (χ4n) is 2.93. The zero-order valence-corrected chi connectivity index (χ0v) is 13.9. The molecule has 22 heavy (non-hydrogen) atoms. The second kappa shape index (κ2) is 7.13. The molecular formula is C16H24N2O3S. The van der Waals surface area contributed by atoms with Gasteiger partial charge in [-0.05, 0) is 49.7 Å². The van der Waals surface area contributed by atoms with Gasteiger partial charge in [-0.15, -0.1) is 0 Å². The fraction of sp³-hybridized carbons (Fsp3) is 0.562. The van der Waals surface area contributed by atoms with Crippen molar-refractivity contribution in [2.24, 2.45) is 11.8 Å². The van der Waals surface area contributed by atoms with E-state index in [4.69, 9.17) is 0 Å². The minimum atomic E-state index is -3.80. The topological polar surface area (TPSA) is 75.3 Å². The average Bonchev–Trinajstić information content (AvgIpc) is 2.48. The highest BCUT2D eigenvalue weighted by Crippen LogP contribution is 2.29. The van der Waals surface area contributed by atoms with Gasteiger partial charge in [0, 0.05) is 6.04 Å². The third-order valence-corrected chi connectivity index (χ3v) is 5.68. The second-order valence-electron chi connectivity index (χ2n) is 6.25. The van der Waals surface area contributed by atoms with Crippen LogP contribution in [0, 0.1) is 11.8 Å². The van der Waals surface area contributed by atoms with E-state index in [-0.39, 0.29) is 10.9 Å². The molecule has 0 heterocycles. The molecule has 0 bridgehead atoms. The smallest absolute Gasteiger partial charge is 0.328 e. The van der Waals surface area contributed by atoms with Crippen LogP contribution in [0.4, 0.5) is 4.79 Å². The Morgan fingerprint density at radius 1 is 1.09 bits per heavy atom. The van der Waals surface area contributed by atoms with E-state index in [1.54, 1.807) is 18.2 Å². The molecular weight excluding hydrogens is 300 g/mol. The first-order valence-electron chi connectivity index (χ1n) is 7.77. The summed E-state index contributed by atoms with van der Waals surface area (Å²) in [4.78, 5) is 12.0. The van der Waals surface area contributed by atoms with Crippen LogP contribution in [-0.2, 0) is 10.0 Å². The number of rotatable bonds is 4. The van der Waals surface area contributed by atoms with Gasteiger partial charge in [0.15, 0.2) is 0 Å². The molecule has 0 radical (unpaired) electrons. The molecule has 6 heteroatoms. The largest absolute Gasteiger partial charge is 0.335 e. The molecule has 0 saturated heterocycles. The molecule has 0 atom stereocenters. The number of nitrogens with one attached hydrogen (secondary N) is 2. The SMILES string of the molecule is CC(C)C1CCC(NC(=O)NS(=O)(=O)c2ccccc2)CC1. The maximum Gasteiger partial charge on any atom is 0.328 e. The van der Waals surface area contributed by atoms with Gasteiger partial charge in [0.2, 0.25) is 0 Å². The van der Waals surface area contributed by atoms with Crippen LogP contribution in [0.1, 0.15) is 39.5 Å². The maximum absolute atomic E-state index is 12.1. The molecule has 1 saturated carbocycles. The quantitative estimate of drug-likeness (QED) is 0.894. The molecule has 122 valence electrons. The van der Waals surface area contributed by atoms with E-state index in [1.165, 1.54) is 12.1 Å². The predicted molar refractivity (Wildman–Crippen MR) is 85.9 cm³/mol. The van der Waals surface area contributed by atoms with Crippen LogP contribution >= 0.6 is 0 Å². The molecule has 0 spiro atoms. The van der Waals surface area contributed by atoms with Crippen LogP contribution in [0.25, 0.3) is 0 Å². The lowest BCUT2D eigenvalue weighted by molar-refractivity contribution is 0.219. The number of carbonyl (C=O) groups is 1. The molecule has 1 aromatic rings. The molecule has 0 aliphatic heterocycles. The summed E-state index contributed by atoms with van der Waals surface area (Å²) in [5, 5.41) is 2.77. The summed E-state index contributed by atoms with van der Waals surface area (Å²) in [7, 11) is -3.80. The van der Waals surface area contributed by atoms with Crippen LogP contribution in [-0.4, -0.2) is 20.5 Å². The standard InChI is InChI=1S/C16H24N2O3S/c1-12(2)13-8-10-14(11-9-13)17-16(19)18-22(20,21)15-6-4-3-5-7-15/h3-7,12-14H,8-11H2,1-2H3,(H2,17,18,19). The van der Waals surface area contributed by atoms with Crippen molar-refractivity contribution in [2.75, 3.05) is 0 Å². The van der Waals surface area contributed by atoms with Crippen molar-refractivity contribution >= 4 is 16.1 Å². The predicted octanol–water partition coefficient (Wildman–Crippen LogP) is 2.89. The van der Waals surface area contributed by atoms with E-state index < -0.39 is 16.1 Å². The fourth-order valence-corrected chi connectivity index (χ4v) is 3.86. The monoisotopic (exact) mass is 324 g/mol. The number of amides is 2. The van der Waals surface area contributed by atoms with Crippen LogP contribution in [0.2, 0.25) is 0 Å². The molecule has 0 unspecified atom stereocenters. The minimum Gasteiger partial charge on any atom is -0.335 e. The lowest BCUT2D eigenvalue weighted by Gasteiger charge is -2.31. The van der Waals surface area contributed by atoms with Gasteiger partial charge in [-0.25, -0.2) is 17.9 Å². The van der Waals surface area contributed by atoms with Crippen molar-refractivity contribution in [1.82, 2.24) is 10.0 Å². The Hall–Kier alpha value is -1.56. The van der Waals surface area contributed by atoms with Gasteiger partial charge in [-0.3, -0.25) is 0 Å². The molecule has 1 aliphatic carbocycles. The highest BCUT2D eigenvalue weighted by Gasteiger charge is 2.25. The number of carbonyl (C=O) groups excluding carboxylic acids is 1. The molecule has 1 fully saturated rings. The Morgan fingerprint density at radius 2 is 1.68 bits per heavy atom. The van der Waals surface area contributed by atoms with Crippen molar-refractivity contribution in [3.05, 3.63) is 30.3 Å². The van der Waals surface area contributed by atoms with Gasteiger partial charge in [-0.2, -0.15) is 0 Å². The Labute approximate surface area is 132 Å². The van der Waals surface area contributed by atoms with Crippen molar-refractivity contribution in [3.63, 3.8) is 0 Å².